The monoisotopic (exact) mass is 299 g/mol. The Hall–Kier alpha value is 0.856. The number of rotatable bonds is 12. The second-order valence-electron chi connectivity index (χ2n) is 5.77. The van der Waals surface area contributed by atoms with Gasteiger partial charge in [0.25, 0.3) is 0 Å². The summed E-state index contributed by atoms with van der Waals surface area (Å²) in [7, 11) is 0. The molecule has 0 spiro atoms. The molecule has 1 aromatic carbocycles. The summed E-state index contributed by atoms with van der Waals surface area (Å²) >= 11 is 0. The largest absolute Gasteiger partial charge is 0.0654 e. The zero-order valence-corrected chi connectivity index (χ0v) is 17.0. The normalized spacial score (nSPS) is 10.2. The summed E-state index contributed by atoms with van der Waals surface area (Å²) in [5.74, 6) is 0. The third-order valence-electron chi connectivity index (χ3n) is 3.91. The fourth-order valence-electron chi connectivity index (χ4n) is 2.64. The molecular weight excluding hydrogens is 267 g/mol. The molecule has 0 saturated heterocycles. The van der Waals surface area contributed by atoms with Crippen LogP contribution in [0.25, 0.3) is 0 Å². The van der Waals surface area contributed by atoms with E-state index in [1.165, 1.54) is 82.6 Å². The predicted octanol–water partition coefficient (Wildman–Crippen LogP) is 6.16. The molecule has 0 unspecified atom stereocenters. The van der Waals surface area contributed by atoms with Crippen molar-refractivity contribution in [2.24, 2.45) is 0 Å². The quantitative estimate of drug-likeness (QED) is 0.320. The Kier molecular flexibility index (Phi) is 16.9. The van der Waals surface area contributed by atoms with Crippen LogP contribution in [-0.2, 0) is 6.42 Å². The molecule has 0 fully saturated rings. The molecule has 0 saturated carbocycles. The summed E-state index contributed by atoms with van der Waals surface area (Å²) in [4.78, 5) is 0. The van der Waals surface area contributed by atoms with Crippen molar-refractivity contribution >= 4 is 51.4 Å². The Morgan fingerprint density at radius 1 is 0.600 bits per heavy atom. The van der Waals surface area contributed by atoms with Crippen LogP contribution in [0.5, 0.6) is 0 Å². The van der Waals surface area contributed by atoms with Crippen LogP contribution in [0.2, 0.25) is 0 Å². The van der Waals surface area contributed by atoms with Gasteiger partial charge in [-0.15, -0.1) is 0 Å². The van der Waals surface area contributed by atoms with Gasteiger partial charge in [0, 0.05) is 51.4 Å². The Morgan fingerprint density at radius 3 is 1.55 bits per heavy atom. The Balaban J connectivity index is 0.00000361. The minimum Gasteiger partial charge on any atom is -0.0654 e. The summed E-state index contributed by atoms with van der Waals surface area (Å²) in [6.07, 6.45) is 17.0. The maximum absolute atomic E-state index is 2.29. The van der Waals surface area contributed by atoms with Gasteiger partial charge in [-0.1, -0.05) is 101 Å². The zero-order chi connectivity index (χ0) is 13.6. The van der Waals surface area contributed by atoms with E-state index < -0.39 is 0 Å². The standard InChI is InChI=1S/C19H32.K/c1-2-3-4-5-6-7-8-9-10-11-13-16-19-17-14-12-15-18-19;/h12,14-15,17-18H,2-11,13,16H2,1H3;. The summed E-state index contributed by atoms with van der Waals surface area (Å²) in [5.41, 5.74) is 1.50. The molecule has 0 atom stereocenters. The van der Waals surface area contributed by atoms with Crippen molar-refractivity contribution in [1.29, 1.82) is 0 Å². The van der Waals surface area contributed by atoms with Crippen LogP contribution in [0.3, 0.4) is 0 Å². The average Bonchev–Trinajstić information content (AvgIpc) is 2.46. The molecule has 20 heavy (non-hydrogen) atoms. The molecule has 0 heterocycles. The third-order valence-corrected chi connectivity index (χ3v) is 3.91. The summed E-state index contributed by atoms with van der Waals surface area (Å²) in [6, 6.07) is 10.9. The summed E-state index contributed by atoms with van der Waals surface area (Å²) in [5, 5.41) is 0. The van der Waals surface area contributed by atoms with Crippen molar-refractivity contribution in [3.63, 3.8) is 0 Å². The van der Waals surface area contributed by atoms with E-state index in [-0.39, 0.29) is 51.4 Å². The molecule has 0 bridgehead atoms. The van der Waals surface area contributed by atoms with Gasteiger partial charge in [0.2, 0.25) is 0 Å². The van der Waals surface area contributed by atoms with Gasteiger partial charge in [0.15, 0.2) is 0 Å². The Morgan fingerprint density at radius 2 is 1.05 bits per heavy atom. The number of hydrogen-bond acceptors (Lipinski definition) is 0. The second-order valence-corrected chi connectivity index (χ2v) is 5.77. The first kappa shape index (κ1) is 20.9. The van der Waals surface area contributed by atoms with Crippen LogP contribution in [0, 0.1) is 0 Å². The van der Waals surface area contributed by atoms with E-state index in [4.69, 9.17) is 0 Å². The number of hydrogen-bond donors (Lipinski definition) is 0. The smallest absolute Gasteiger partial charge is 0 e. The van der Waals surface area contributed by atoms with Crippen LogP contribution in [0.15, 0.2) is 30.3 Å². The molecule has 0 aliphatic rings. The third kappa shape index (κ3) is 12.6. The van der Waals surface area contributed by atoms with Gasteiger partial charge in [-0.25, -0.2) is 0 Å². The van der Waals surface area contributed by atoms with Crippen LogP contribution in [0.4, 0.5) is 0 Å². The second kappa shape index (κ2) is 16.2. The van der Waals surface area contributed by atoms with Crippen molar-refractivity contribution in [2.45, 2.75) is 84.0 Å². The maximum atomic E-state index is 2.29. The first-order chi connectivity index (χ1) is 9.43. The van der Waals surface area contributed by atoms with Gasteiger partial charge in [-0.05, 0) is 18.4 Å². The topological polar surface area (TPSA) is 0 Å². The van der Waals surface area contributed by atoms with Crippen molar-refractivity contribution < 1.29 is 0 Å². The van der Waals surface area contributed by atoms with Crippen molar-refractivity contribution in [1.82, 2.24) is 0 Å². The fourth-order valence-corrected chi connectivity index (χ4v) is 2.64. The van der Waals surface area contributed by atoms with E-state index in [9.17, 15) is 0 Å². The van der Waals surface area contributed by atoms with Gasteiger partial charge in [-0.3, -0.25) is 0 Å². The Bertz CT molecular complexity index is 281. The predicted molar refractivity (Wildman–Crippen MR) is 92.4 cm³/mol. The Labute approximate surface area is 169 Å². The molecule has 1 radical (unpaired) electrons. The molecule has 0 nitrogen and oxygen atoms in total. The minimum absolute atomic E-state index is 0. The van der Waals surface area contributed by atoms with Gasteiger partial charge in [0.05, 0.1) is 0 Å². The molecule has 0 aliphatic heterocycles. The molecule has 0 aliphatic carbocycles. The van der Waals surface area contributed by atoms with Gasteiger partial charge in [0.1, 0.15) is 0 Å². The fraction of sp³-hybridized carbons (Fsp3) is 0.684. The van der Waals surface area contributed by atoms with Crippen LogP contribution >= 0.6 is 0 Å². The van der Waals surface area contributed by atoms with Crippen molar-refractivity contribution in [3.05, 3.63) is 35.9 Å². The molecule has 1 rings (SSSR count). The van der Waals surface area contributed by atoms with Crippen molar-refractivity contribution in [2.75, 3.05) is 0 Å². The molecule has 0 amide bonds. The minimum atomic E-state index is 0. The molecule has 109 valence electrons. The number of unbranched alkanes of at least 4 members (excludes halogenated alkanes) is 10. The SMILES string of the molecule is CCCCCCCCCCCCCc1ccccc1.[K]. The van der Waals surface area contributed by atoms with E-state index in [0.717, 1.165) is 0 Å². The van der Waals surface area contributed by atoms with Crippen LogP contribution in [0.1, 0.15) is 83.1 Å². The van der Waals surface area contributed by atoms with E-state index in [0.29, 0.717) is 0 Å². The maximum Gasteiger partial charge on any atom is 0 e. The first-order valence-electron chi connectivity index (χ1n) is 8.47. The van der Waals surface area contributed by atoms with Gasteiger partial charge < -0.3 is 0 Å². The summed E-state index contributed by atoms with van der Waals surface area (Å²) < 4.78 is 0. The van der Waals surface area contributed by atoms with Crippen molar-refractivity contribution in [3.8, 4) is 0 Å². The van der Waals surface area contributed by atoms with Crippen LogP contribution in [-0.4, -0.2) is 51.4 Å². The molecule has 1 aromatic rings. The van der Waals surface area contributed by atoms with Gasteiger partial charge in [-0.2, -0.15) is 0 Å². The summed E-state index contributed by atoms with van der Waals surface area (Å²) in [6.45, 7) is 2.29. The number of aryl methyl sites for hydroxylation is 1. The van der Waals surface area contributed by atoms with E-state index >= 15 is 0 Å². The van der Waals surface area contributed by atoms with E-state index in [2.05, 4.69) is 37.3 Å². The van der Waals surface area contributed by atoms with Gasteiger partial charge >= 0.3 is 0 Å². The molecule has 0 N–H and O–H groups in total. The zero-order valence-electron chi connectivity index (χ0n) is 13.9. The van der Waals surface area contributed by atoms with E-state index in [1.54, 1.807) is 0 Å². The average molecular weight is 300 g/mol. The molecule has 0 aromatic heterocycles. The van der Waals surface area contributed by atoms with Crippen LogP contribution < -0.4 is 0 Å². The van der Waals surface area contributed by atoms with E-state index in [1.807, 2.05) is 0 Å². The first-order valence-corrected chi connectivity index (χ1v) is 8.47. The number of benzene rings is 1. The molecular formula is C19H32K. The molecule has 1 heteroatoms.